The van der Waals surface area contributed by atoms with Gasteiger partial charge in [0.05, 0.1) is 31.3 Å². The molecule has 230 valence electrons. The molecule has 0 unspecified atom stereocenters. The Kier molecular flexibility index (Phi) is 8.49. The molecular weight excluding hydrogens is 638 g/mol. The van der Waals surface area contributed by atoms with Gasteiger partial charge in [0.15, 0.2) is 28.8 Å². The van der Waals surface area contributed by atoms with Gasteiger partial charge in [0.1, 0.15) is 12.4 Å². The van der Waals surface area contributed by atoms with Gasteiger partial charge in [0.25, 0.3) is 5.56 Å². The van der Waals surface area contributed by atoms with Crippen LogP contribution in [0, 0.1) is 6.92 Å². The lowest BCUT2D eigenvalue weighted by Crippen LogP contribution is -2.21. The molecule has 0 atom stereocenters. The van der Waals surface area contributed by atoms with Crippen molar-refractivity contribution in [3.8, 4) is 40.1 Å². The van der Waals surface area contributed by atoms with Gasteiger partial charge in [-0.15, -0.1) is 0 Å². The van der Waals surface area contributed by atoms with E-state index < -0.39 is 0 Å². The molecule has 45 heavy (non-hydrogen) atoms. The van der Waals surface area contributed by atoms with Crippen LogP contribution in [-0.2, 0) is 6.61 Å². The number of methoxy groups -OCH3 is 2. The molecule has 2 heterocycles. The molecule has 5 aromatic rings. The average molecular weight is 671 g/mol. The van der Waals surface area contributed by atoms with Crippen LogP contribution in [-0.4, -0.2) is 36.9 Å². The Morgan fingerprint density at radius 1 is 0.978 bits per heavy atom. The molecule has 9 nitrogen and oxygen atoms in total. The van der Waals surface area contributed by atoms with Crippen LogP contribution in [0.25, 0.3) is 22.3 Å². The fourth-order valence-electron chi connectivity index (χ4n) is 5.21. The van der Waals surface area contributed by atoms with Crippen molar-refractivity contribution in [1.82, 2.24) is 9.66 Å². The Hall–Kier alpha value is -4.83. The minimum atomic E-state index is -0.278. The maximum absolute atomic E-state index is 13.9. The number of halogens is 1. The third-order valence-electron chi connectivity index (χ3n) is 7.62. The molecule has 0 N–H and O–H groups in total. The van der Waals surface area contributed by atoms with Crippen LogP contribution in [0.4, 0.5) is 0 Å². The van der Waals surface area contributed by atoms with E-state index >= 15 is 0 Å². The second-order valence-corrected chi connectivity index (χ2v) is 11.7. The zero-order chi connectivity index (χ0) is 31.7. The van der Waals surface area contributed by atoms with Crippen molar-refractivity contribution in [2.24, 2.45) is 5.10 Å². The number of para-hydroxylation sites is 1. The van der Waals surface area contributed by atoms with Gasteiger partial charge < -0.3 is 23.7 Å². The van der Waals surface area contributed by atoms with Crippen molar-refractivity contribution in [2.45, 2.75) is 33.3 Å². The molecule has 6 rings (SSSR count). The van der Waals surface area contributed by atoms with Gasteiger partial charge in [0, 0.05) is 15.6 Å². The Labute approximate surface area is 269 Å². The first-order valence-electron chi connectivity index (χ1n) is 14.4. The van der Waals surface area contributed by atoms with Crippen LogP contribution in [0.5, 0.6) is 28.7 Å². The van der Waals surface area contributed by atoms with Crippen molar-refractivity contribution in [2.75, 3.05) is 21.0 Å². The van der Waals surface area contributed by atoms with Crippen molar-refractivity contribution in [1.29, 1.82) is 0 Å². The van der Waals surface area contributed by atoms with E-state index in [2.05, 4.69) is 34.9 Å². The molecule has 0 fully saturated rings. The highest BCUT2D eigenvalue weighted by atomic mass is 79.9. The average Bonchev–Trinajstić information content (AvgIpc) is 3.51. The summed E-state index contributed by atoms with van der Waals surface area (Å²) in [5.74, 6) is 3.88. The highest BCUT2D eigenvalue weighted by molar-refractivity contribution is 9.10. The monoisotopic (exact) mass is 669 g/mol. The number of hydrogen-bond donors (Lipinski definition) is 0. The summed E-state index contributed by atoms with van der Waals surface area (Å²) < 4.78 is 30.4. The number of benzene rings is 4. The lowest BCUT2D eigenvalue weighted by Gasteiger charge is -2.17. The van der Waals surface area contributed by atoms with E-state index in [9.17, 15) is 4.79 Å². The molecule has 0 radical (unpaired) electrons. The molecule has 0 amide bonds. The van der Waals surface area contributed by atoms with E-state index in [1.165, 1.54) is 4.68 Å². The summed E-state index contributed by atoms with van der Waals surface area (Å²) in [6.45, 7) is 6.69. The van der Waals surface area contributed by atoms with Gasteiger partial charge in [-0.2, -0.15) is 9.78 Å². The zero-order valence-corrected chi connectivity index (χ0v) is 27.2. The van der Waals surface area contributed by atoms with Crippen molar-refractivity contribution >= 4 is 33.0 Å². The molecule has 4 aromatic carbocycles. The SMILES string of the molecule is COc1cc(C=Nn2c(-c3cc(C(C)C)c(OC)cc3C)nc3ccccc3c2=O)c(Br)cc1OCc1ccc2c(c1)OCO2. The summed E-state index contributed by atoms with van der Waals surface area (Å²) >= 11 is 3.65. The number of aromatic nitrogens is 2. The third kappa shape index (κ3) is 5.98. The maximum atomic E-state index is 13.9. The predicted octanol–water partition coefficient (Wildman–Crippen LogP) is 7.46. The Morgan fingerprint density at radius 2 is 1.76 bits per heavy atom. The van der Waals surface area contributed by atoms with Crippen LogP contribution < -0.4 is 29.2 Å². The second kappa shape index (κ2) is 12.6. The number of hydrogen-bond acceptors (Lipinski definition) is 8. The third-order valence-corrected chi connectivity index (χ3v) is 8.31. The Morgan fingerprint density at radius 3 is 2.53 bits per heavy atom. The quantitative estimate of drug-likeness (QED) is 0.150. The Bertz CT molecular complexity index is 2000. The second-order valence-electron chi connectivity index (χ2n) is 10.9. The van der Waals surface area contributed by atoms with Gasteiger partial charge in [-0.25, -0.2) is 4.98 Å². The van der Waals surface area contributed by atoms with Crippen LogP contribution in [0.15, 0.2) is 81.1 Å². The summed E-state index contributed by atoms with van der Waals surface area (Å²) in [7, 11) is 3.24. The number of aryl methyl sites for hydroxylation is 1. The van der Waals surface area contributed by atoms with E-state index in [0.717, 1.165) is 28.0 Å². The topological polar surface area (TPSA) is 93.4 Å². The summed E-state index contributed by atoms with van der Waals surface area (Å²) in [5, 5.41) is 5.16. The van der Waals surface area contributed by atoms with Gasteiger partial charge in [-0.3, -0.25) is 4.79 Å². The summed E-state index contributed by atoms with van der Waals surface area (Å²) in [4.78, 5) is 18.8. The Balaban J connectivity index is 1.38. The first-order valence-corrected chi connectivity index (χ1v) is 15.2. The largest absolute Gasteiger partial charge is 0.496 e. The van der Waals surface area contributed by atoms with Crippen molar-refractivity contribution in [3.05, 3.63) is 104 Å². The van der Waals surface area contributed by atoms with Crippen LogP contribution in [0.1, 0.15) is 42.0 Å². The molecule has 10 heteroatoms. The van der Waals surface area contributed by atoms with E-state index in [0.29, 0.717) is 56.4 Å². The molecule has 0 saturated heterocycles. The van der Waals surface area contributed by atoms with Crippen LogP contribution in [0.3, 0.4) is 0 Å². The van der Waals surface area contributed by atoms with Crippen molar-refractivity contribution in [3.63, 3.8) is 0 Å². The predicted molar refractivity (Wildman–Crippen MR) is 177 cm³/mol. The van der Waals surface area contributed by atoms with E-state index in [1.807, 2.05) is 61.5 Å². The van der Waals surface area contributed by atoms with Gasteiger partial charge in [0.2, 0.25) is 6.79 Å². The lowest BCUT2D eigenvalue weighted by molar-refractivity contribution is 0.174. The van der Waals surface area contributed by atoms with Crippen LogP contribution >= 0.6 is 15.9 Å². The number of rotatable bonds is 9. The van der Waals surface area contributed by atoms with Gasteiger partial charge >= 0.3 is 0 Å². The summed E-state index contributed by atoms with van der Waals surface area (Å²) in [6, 6.07) is 20.6. The molecule has 0 bridgehead atoms. The molecule has 0 saturated carbocycles. The summed E-state index contributed by atoms with van der Waals surface area (Å²) in [6.07, 6.45) is 1.61. The first-order chi connectivity index (χ1) is 21.8. The van der Waals surface area contributed by atoms with E-state index in [-0.39, 0.29) is 18.3 Å². The minimum Gasteiger partial charge on any atom is -0.496 e. The standard InChI is InChI=1S/C35H32BrN3O6/c1-20(2)25-15-26(21(3)12-30(25)41-4)34-38-28-9-7-6-8-24(28)35(40)39(34)37-17-23-14-31(42-5)33(16-27(23)36)43-18-22-10-11-29-32(13-22)45-19-44-29/h6-17,20H,18-19H2,1-5H3. The maximum Gasteiger partial charge on any atom is 0.282 e. The molecule has 1 aliphatic rings. The van der Waals surface area contributed by atoms with E-state index in [4.69, 9.17) is 28.7 Å². The van der Waals surface area contributed by atoms with Crippen molar-refractivity contribution < 1.29 is 23.7 Å². The zero-order valence-electron chi connectivity index (χ0n) is 25.6. The van der Waals surface area contributed by atoms with Crippen LogP contribution in [0.2, 0.25) is 0 Å². The molecular formula is C35H32BrN3O6. The normalized spacial score (nSPS) is 12.3. The highest BCUT2D eigenvalue weighted by Crippen LogP contribution is 2.37. The number of ether oxygens (including phenoxy) is 5. The number of nitrogens with zero attached hydrogens (tertiary/aromatic N) is 3. The lowest BCUT2D eigenvalue weighted by atomic mass is 9.96. The highest BCUT2D eigenvalue weighted by Gasteiger charge is 2.19. The molecule has 0 aliphatic carbocycles. The first kappa shape index (κ1) is 30.2. The summed E-state index contributed by atoms with van der Waals surface area (Å²) in [5.41, 5.74) is 4.64. The number of fused-ring (bicyclic) bond motifs is 2. The molecule has 0 spiro atoms. The minimum absolute atomic E-state index is 0.192. The smallest absolute Gasteiger partial charge is 0.282 e. The molecule has 1 aromatic heterocycles. The fraction of sp³-hybridized carbons (Fsp3) is 0.229. The van der Waals surface area contributed by atoms with Gasteiger partial charge in [-0.05, 0) is 94.0 Å². The van der Waals surface area contributed by atoms with Gasteiger partial charge in [-0.1, -0.05) is 32.0 Å². The van der Waals surface area contributed by atoms with E-state index in [1.54, 1.807) is 32.6 Å². The molecule has 1 aliphatic heterocycles. The fourth-order valence-corrected chi connectivity index (χ4v) is 5.63.